The maximum Gasteiger partial charge on any atom is 0.269 e. The van der Waals surface area contributed by atoms with E-state index in [-0.39, 0.29) is 11.6 Å². The van der Waals surface area contributed by atoms with E-state index >= 15 is 0 Å². The average Bonchev–Trinajstić information content (AvgIpc) is 3.51. The molecule has 1 amide bonds. The van der Waals surface area contributed by atoms with E-state index in [1.165, 1.54) is 23.9 Å². The van der Waals surface area contributed by atoms with Crippen molar-refractivity contribution in [2.24, 2.45) is 0 Å². The lowest BCUT2D eigenvalue weighted by atomic mass is 10.1. The number of aromatic nitrogens is 3. The van der Waals surface area contributed by atoms with Gasteiger partial charge < -0.3 is 5.32 Å². The summed E-state index contributed by atoms with van der Waals surface area (Å²) >= 11 is 1.53. The lowest BCUT2D eigenvalue weighted by Gasteiger charge is -2.08. The van der Waals surface area contributed by atoms with E-state index in [2.05, 4.69) is 22.1 Å². The highest BCUT2D eigenvalue weighted by atomic mass is 32.2. The minimum absolute atomic E-state index is 0.0276. The molecule has 1 N–H and O–H groups in total. The van der Waals surface area contributed by atoms with Gasteiger partial charge in [-0.1, -0.05) is 30.0 Å². The number of nitro benzene ring substituents is 1. The molecule has 1 aliphatic carbocycles. The predicted molar refractivity (Wildman–Crippen MR) is 119 cm³/mol. The van der Waals surface area contributed by atoms with Gasteiger partial charge in [-0.15, -0.1) is 16.8 Å². The van der Waals surface area contributed by atoms with Crippen molar-refractivity contribution in [3.63, 3.8) is 0 Å². The fourth-order valence-corrected chi connectivity index (χ4v) is 3.94. The van der Waals surface area contributed by atoms with Gasteiger partial charge in [0, 0.05) is 41.6 Å². The van der Waals surface area contributed by atoms with Gasteiger partial charge in [0.1, 0.15) is 0 Å². The van der Waals surface area contributed by atoms with Gasteiger partial charge in [-0.3, -0.25) is 19.5 Å². The zero-order chi connectivity index (χ0) is 21.8. The van der Waals surface area contributed by atoms with Crippen LogP contribution >= 0.6 is 11.8 Å². The van der Waals surface area contributed by atoms with Gasteiger partial charge in [0.2, 0.25) is 0 Å². The molecule has 0 atom stereocenters. The molecule has 1 fully saturated rings. The Bertz CT molecular complexity index is 1110. The first kappa shape index (κ1) is 20.8. The summed E-state index contributed by atoms with van der Waals surface area (Å²) in [5, 5.41) is 23.2. The van der Waals surface area contributed by atoms with Crippen LogP contribution < -0.4 is 5.32 Å². The fourth-order valence-electron chi connectivity index (χ4n) is 3.03. The highest BCUT2D eigenvalue weighted by molar-refractivity contribution is 7.98. The second kappa shape index (κ2) is 9.13. The Balaban J connectivity index is 1.46. The quantitative estimate of drug-likeness (QED) is 0.234. The summed E-state index contributed by atoms with van der Waals surface area (Å²) in [7, 11) is 0. The molecule has 9 heteroatoms. The van der Waals surface area contributed by atoms with Crippen molar-refractivity contribution in [2.45, 2.75) is 36.3 Å². The van der Waals surface area contributed by atoms with Crippen LogP contribution in [0.5, 0.6) is 0 Å². The summed E-state index contributed by atoms with van der Waals surface area (Å²) in [6.45, 7) is 4.32. The lowest BCUT2D eigenvalue weighted by Crippen LogP contribution is -2.25. The first-order chi connectivity index (χ1) is 15.0. The van der Waals surface area contributed by atoms with E-state index in [0.717, 1.165) is 29.1 Å². The molecule has 8 nitrogen and oxygen atoms in total. The van der Waals surface area contributed by atoms with Crippen LogP contribution in [0.2, 0.25) is 0 Å². The number of nitrogens with zero attached hydrogens (tertiary/aromatic N) is 4. The van der Waals surface area contributed by atoms with Crippen molar-refractivity contribution in [1.82, 2.24) is 20.1 Å². The number of hydrogen-bond donors (Lipinski definition) is 1. The molecule has 1 heterocycles. The summed E-state index contributed by atoms with van der Waals surface area (Å²) in [6.07, 6.45) is 3.89. The molecule has 4 rings (SSSR count). The molecule has 0 unspecified atom stereocenters. The van der Waals surface area contributed by atoms with Crippen LogP contribution in [-0.4, -0.2) is 31.6 Å². The normalized spacial score (nSPS) is 13.0. The monoisotopic (exact) mass is 435 g/mol. The standard InChI is InChI=1S/C22H21N5O3S/c1-2-13-26-20(16-7-11-19(12-8-16)27(29)30)24-25-22(26)31-14-15-3-5-17(6-4-15)21(28)23-18-9-10-18/h2-8,11-12,18H,1,9-10,13-14H2,(H,23,28). The van der Waals surface area contributed by atoms with Crippen molar-refractivity contribution in [3.8, 4) is 11.4 Å². The number of hydrogen-bond acceptors (Lipinski definition) is 6. The van der Waals surface area contributed by atoms with E-state index in [9.17, 15) is 14.9 Å². The second-order valence-corrected chi connectivity index (χ2v) is 8.19. The molecule has 3 aromatic rings. The summed E-state index contributed by atoms with van der Waals surface area (Å²) in [5.74, 6) is 1.27. The van der Waals surface area contributed by atoms with Gasteiger partial charge >= 0.3 is 0 Å². The van der Waals surface area contributed by atoms with E-state index in [4.69, 9.17) is 0 Å². The number of allylic oxidation sites excluding steroid dienone is 1. The van der Waals surface area contributed by atoms with Crippen LogP contribution in [0.3, 0.4) is 0 Å². The lowest BCUT2D eigenvalue weighted by molar-refractivity contribution is -0.384. The van der Waals surface area contributed by atoms with Crippen molar-refractivity contribution in [1.29, 1.82) is 0 Å². The topological polar surface area (TPSA) is 103 Å². The average molecular weight is 436 g/mol. The van der Waals surface area contributed by atoms with Crippen molar-refractivity contribution in [2.75, 3.05) is 0 Å². The third-order valence-corrected chi connectivity index (χ3v) is 5.90. The van der Waals surface area contributed by atoms with Crippen LogP contribution in [0.15, 0.2) is 66.3 Å². The van der Waals surface area contributed by atoms with E-state index in [1.54, 1.807) is 18.2 Å². The zero-order valence-electron chi connectivity index (χ0n) is 16.7. The van der Waals surface area contributed by atoms with Crippen LogP contribution in [0.25, 0.3) is 11.4 Å². The molecule has 158 valence electrons. The molecule has 1 aliphatic rings. The summed E-state index contributed by atoms with van der Waals surface area (Å²) in [5.41, 5.74) is 2.51. The SMILES string of the molecule is C=CCn1c(SCc2ccc(C(=O)NC3CC3)cc2)nnc1-c1ccc([N+](=O)[O-])cc1. The zero-order valence-corrected chi connectivity index (χ0v) is 17.5. The smallest absolute Gasteiger partial charge is 0.269 e. The van der Waals surface area contributed by atoms with Gasteiger partial charge in [0.15, 0.2) is 11.0 Å². The molecule has 0 bridgehead atoms. The third kappa shape index (κ3) is 5.00. The molecule has 2 aromatic carbocycles. The molecule has 1 saturated carbocycles. The highest BCUT2D eigenvalue weighted by Crippen LogP contribution is 2.28. The maximum absolute atomic E-state index is 12.1. The number of carbonyl (C=O) groups is 1. The Labute approximate surface area is 183 Å². The number of rotatable bonds is 9. The summed E-state index contributed by atoms with van der Waals surface area (Å²) in [6, 6.07) is 14.1. The number of nitro groups is 1. The van der Waals surface area contributed by atoms with E-state index in [1.807, 2.05) is 28.8 Å². The highest BCUT2D eigenvalue weighted by Gasteiger charge is 2.23. The van der Waals surface area contributed by atoms with Crippen molar-refractivity contribution < 1.29 is 9.72 Å². The van der Waals surface area contributed by atoms with Gasteiger partial charge in [0.25, 0.3) is 11.6 Å². The Kier molecular flexibility index (Phi) is 6.13. The Morgan fingerprint density at radius 1 is 1.19 bits per heavy atom. The summed E-state index contributed by atoms with van der Waals surface area (Å²) in [4.78, 5) is 22.6. The third-order valence-electron chi connectivity index (χ3n) is 4.86. The Morgan fingerprint density at radius 2 is 1.90 bits per heavy atom. The number of thioether (sulfide) groups is 1. The molecule has 1 aromatic heterocycles. The molecular formula is C22H21N5O3S. The van der Waals surface area contributed by atoms with E-state index in [0.29, 0.717) is 29.7 Å². The minimum Gasteiger partial charge on any atom is -0.349 e. The largest absolute Gasteiger partial charge is 0.349 e. The second-order valence-electron chi connectivity index (χ2n) is 7.24. The van der Waals surface area contributed by atoms with E-state index < -0.39 is 4.92 Å². The summed E-state index contributed by atoms with van der Waals surface area (Å²) < 4.78 is 1.93. The van der Waals surface area contributed by atoms with Gasteiger partial charge in [-0.2, -0.15) is 0 Å². The van der Waals surface area contributed by atoms with Crippen molar-refractivity contribution in [3.05, 3.63) is 82.4 Å². The van der Waals surface area contributed by atoms with Gasteiger partial charge in [0.05, 0.1) is 4.92 Å². The number of nitrogens with one attached hydrogen (secondary N) is 1. The maximum atomic E-state index is 12.1. The van der Waals surface area contributed by atoms with Crippen LogP contribution in [0, 0.1) is 10.1 Å². The first-order valence-electron chi connectivity index (χ1n) is 9.86. The number of non-ortho nitro benzene ring substituents is 1. The minimum atomic E-state index is -0.430. The Hall–Kier alpha value is -3.46. The molecule has 0 aliphatic heterocycles. The molecule has 0 spiro atoms. The van der Waals surface area contributed by atoms with Crippen LogP contribution in [0.1, 0.15) is 28.8 Å². The van der Waals surface area contributed by atoms with Crippen molar-refractivity contribution >= 4 is 23.4 Å². The van der Waals surface area contributed by atoms with Gasteiger partial charge in [-0.25, -0.2) is 0 Å². The number of carbonyl (C=O) groups excluding carboxylic acids is 1. The Morgan fingerprint density at radius 3 is 2.52 bits per heavy atom. The molecule has 0 radical (unpaired) electrons. The number of amides is 1. The number of benzene rings is 2. The van der Waals surface area contributed by atoms with Gasteiger partial charge in [-0.05, 0) is 42.7 Å². The first-order valence-corrected chi connectivity index (χ1v) is 10.8. The molecule has 31 heavy (non-hydrogen) atoms. The van der Waals surface area contributed by atoms with Crippen LogP contribution in [0.4, 0.5) is 5.69 Å². The molecular weight excluding hydrogens is 414 g/mol. The van der Waals surface area contributed by atoms with Crippen LogP contribution in [-0.2, 0) is 12.3 Å². The predicted octanol–water partition coefficient (Wildman–Crippen LogP) is 4.22. The molecule has 0 saturated heterocycles. The fraction of sp³-hybridized carbons (Fsp3) is 0.227.